The summed E-state index contributed by atoms with van der Waals surface area (Å²) >= 11 is 1.27. The number of halogens is 3. The molecule has 1 atom stereocenters. The van der Waals surface area contributed by atoms with Crippen molar-refractivity contribution in [1.82, 2.24) is 9.97 Å². The molecule has 0 aliphatic carbocycles. The van der Waals surface area contributed by atoms with E-state index in [4.69, 9.17) is 0 Å². The SMILES string of the molecule is CCCS(=O)(=O)Nc1ccc(F)c(NC(=O)C2CSc3c(NCCF)ncnc32)c1F. The van der Waals surface area contributed by atoms with Crippen LogP contribution in [0.3, 0.4) is 0 Å². The van der Waals surface area contributed by atoms with Gasteiger partial charge in [-0.2, -0.15) is 0 Å². The van der Waals surface area contributed by atoms with E-state index in [2.05, 4.69) is 25.3 Å². The molecule has 2 heterocycles. The number of thioether (sulfide) groups is 1. The van der Waals surface area contributed by atoms with Crippen molar-refractivity contribution in [2.45, 2.75) is 24.2 Å². The number of nitrogens with one attached hydrogen (secondary N) is 3. The van der Waals surface area contributed by atoms with Crippen molar-refractivity contribution < 1.29 is 26.4 Å². The van der Waals surface area contributed by atoms with Gasteiger partial charge in [-0.3, -0.25) is 9.52 Å². The first-order chi connectivity index (χ1) is 14.8. The van der Waals surface area contributed by atoms with Gasteiger partial charge in [-0.1, -0.05) is 6.92 Å². The summed E-state index contributed by atoms with van der Waals surface area (Å²) in [5, 5.41) is 5.00. The van der Waals surface area contributed by atoms with Crippen LogP contribution in [0.1, 0.15) is 25.0 Å². The van der Waals surface area contributed by atoms with Crippen LogP contribution in [0.5, 0.6) is 0 Å². The Morgan fingerprint density at radius 3 is 2.77 bits per heavy atom. The number of rotatable bonds is 9. The summed E-state index contributed by atoms with van der Waals surface area (Å²) in [5.74, 6) is -3.43. The molecule has 0 saturated heterocycles. The van der Waals surface area contributed by atoms with Crippen LogP contribution in [0.2, 0.25) is 0 Å². The molecule has 8 nitrogen and oxygen atoms in total. The average molecular weight is 476 g/mol. The zero-order chi connectivity index (χ0) is 22.6. The normalized spacial score (nSPS) is 15.4. The topological polar surface area (TPSA) is 113 Å². The first-order valence-electron chi connectivity index (χ1n) is 9.34. The fraction of sp³-hybridized carbons (Fsp3) is 0.389. The monoisotopic (exact) mass is 475 g/mol. The lowest BCUT2D eigenvalue weighted by Crippen LogP contribution is -2.24. The second-order valence-corrected chi connectivity index (χ2v) is 9.48. The lowest BCUT2D eigenvalue weighted by molar-refractivity contribution is -0.117. The number of hydrogen-bond acceptors (Lipinski definition) is 7. The van der Waals surface area contributed by atoms with Crippen LogP contribution >= 0.6 is 11.8 Å². The van der Waals surface area contributed by atoms with Gasteiger partial charge in [0.2, 0.25) is 15.9 Å². The molecule has 1 aromatic heterocycles. The molecule has 0 spiro atoms. The first-order valence-corrected chi connectivity index (χ1v) is 12.0. The highest BCUT2D eigenvalue weighted by atomic mass is 32.2. The molecule has 0 fully saturated rings. The molecule has 1 aromatic carbocycles. The number of nitrogens with zero attached hydrogens (tertiary/aromatic N) is 2. The number of carbonyl (C=O) groups excluding carboxylic acids is 1. The molecule has 3 N–H and O–H groups in total. The Hall–Kier alpha value is -2.54. The molecule has 0 saturated carbocycles. The van der Waals surface area contributed by atoms with E-state index >= 15 is 0 Å². The molecular weight excluding hydrogens is 455 g/mol. The van der Waals surface area contributed by atoms with Gasteiger partial charge in [0.05, 0.1) is 27.9 Å². The molecule has 3 rings (SSSR count). The number of anilines is 3. The Balaban J connectivity index is 1.83. The van der Waals surface area contributed by atoms with Gasteiger partial charge in [0, 0.05) is 12.3 Å². The Morgan fingerprint density at radius 2 is 2.06 bits per heavy atom. The molecule has 1 unspecified atom stereocenters. The highest BCUT2D eigenvalue weighted by Crippen LogP contribution is 2.42. The minimum atomic E-state index is -3.81. The lowest BCUT2D eigenvalue weighted by atomic mass is 10.1. The molecule has 0 radical (unpaired) electrons. The molecule has 168 valence electrons. The molecule has 1 aliphatic rings. The number of alkyl halides is 1. The maximum absolute atomic E-state index is 14.8. The number of benzene rings is 1. The van der Waals surface area contributed by atoms with Gasteiger partial charge < -0.3 is 10.6 Å². The second kappa shape index (κ2) is 9.73. The van der Waals surface area contributed by atoms with Crippen LogP contribution in [0.15, 0.2) is 23.4 Å². The highest BCUT2D eigenvalue weighted by Gasteiger charge is 2.34. The van der Waals surface area contributed by atoms with E-state index in [1.807, 2.05) is 0 Å². The van der Waals surface area contributed by atoms with Gasteiger partial charge in [-0.25, -0.2) is 31.6 Å². The molecule has 13 heteroatoms. The van der Waals surface area contributed by atoms with Crippen LogP contribution < -0.4 is 15.4 Å². The van der Waals surface area contributed by atoms with Crippen LogP contribution in [0, 0.1) is 11.6 Å². The highest BCUT2D eigenvalue weighted by molar-refractivity contribution is 7.99. The largest absolute Gasteiger partial charge is 0.366 e. The summed E-state index contributed by atoms with van der Waals surface area (Å²) in [5.41, 5.74) is -0.865. The number of amides is 1. The van der Waals surface area contributed by atoms with E-state index in [0.717, 1.165) is 12.1 Å². The number of fused-ring (bicyclic) bond motifs is 1. The Labute approximate surface area is 181 Å². The minimum absolute atomic E-state index is 0.0397. The van der Waals surface area contributed by atoms with E-state index in [0.29, 0.717) is 22.8 Å². The molecule has 0 bridgehead atoms. The van der Waals surface area contributed by atoms with Gasteiger partial charge in [0.1, 0.15) is 30.3 Å². The number of carbonyl (C=O) groups is 1. The summed E-state index contributed by atoms with van der Waals surface area (Å²) in [6.07, 6.45) is 1.53. The predicted molar refractivity (Wildman–Crippen MR) is 113 cm³/mol. The predicted octanol–water partition coefficient (Wildman–Crippen LogP) is 3.12. The summed E-state index contributed by atoms with van der Waals surface area (Å²) in [4.78, 5) is 21.5. The van der Waals surface area contributed by atoms with Gasteiger partial charge in [-0.15, -0.1) is 11.8 Å². The van der Waals surface area contributed by atoms with Gasteiger partial charge >= 0.3 is 0 Å². The summed E-state index contributed by atoms with van der Waals surface area (Å²) < 4.78 is 67.4. The Kier molecular flexibility index (Phi) is 7.26. The van der Waals surface area contributed by atoms with Crippen LogP contribution in [0.4, 0.5) is 30.4 Å². The second-order valence-electron chi connectivity index (χ2n) is 6.61. The zero-order valence-electron chi connectivity index (χ0n) is 16.4. The quantitative estimate of drug-likeness (QED) is 0.511. The standard InChI is InChI=1S/C18H20F3N5O3S2/c1-2-7-31(28,29)26-12-4-3-11(20)15(13(12)21)25-18(27)10-8-30-16-14(10)23-9-24-17(16)22-6-5-19/h3-4,9-10,26H,2,5-8H2,1H3,(H,25,27)(H,22,23,24). The van der Waals surface area contributed by atoms with E-state index in [-0.39, 0.29) is 18.1 Å². The molecule has 1 amide bonds. The fourth-order valence-corrected chi connectivity index (χ4v) is 5.34. The smallest absolute Gasteiger partial charge is 0.234 e. The van der Waals surface area contributed by atoms with E-state index < -0.39 is 51.5 Å². The van der Waals surface area contributed by atoms with Crippen molar-refractivity contribution >= 4 is 44.9 Å². The van der Waals surface area contributed by atoms with Crippen molar-refractivity contribution in [3.05, 3.63) is 35.8 Å². The number of hydrogen-bond donors (Lipinski definition) is 3. The summed E-state index contributed by atoms with van der Waals surface area (Å²) in [7, 11) is -3.81. The minimum Gasteiger partial charge on any atom is -0.366 e. The average Bonchev–Trinajstić information content (AvgIpc) is 3.16. The third kappa shape index (κ3) is 5.21. The number of sulfonamides is 1. The summed E-state index contributed by atoms with van der Waals surface area (Å²) in [6, 6.07) is 1.81. The Bertz CT molecular complexity index is 1090. The van der Waals surface area contributed by atoms with Crippen molar-refractivity contribution in [3.63, 3.8) is 0 Å². The van der Waals surface area contributed by atoms with Gasteiger partial charge in [0.25, 0.3) is 0 Å². The molecule has 2 aromatic rings. The first kappa shape index (κ1) is 23.1. The van der Waals surface area contributed by atoms with Crippen molar-refractivity contribution in [2.75, 3.05) is 40.1 Å². The third-order valence-corrected chi connectivity index (χ3v) is 7.00. The Morgan fingerprint density at radius 1 is 1.29 bits per heavy atom. The van der Waals surface area contributed by atoms with Crippen LogP contribution in [-0.2, 0) is 14.8 Å². The lowest BCUT2D eigenvalue weighted by Gasteiger charge is -2.15. The van der Waals surface area contributed by atoms with Gasteiger partial charge in [-0.05, 0) is 18.6 Å². The van der Waals surface area contributed by atoms with Crippen molar-refractivity contribution in [1.29, 1.82) is 0 Å². The zero-order valence-corrected chi connectivity index (χ0v) is 18.0. The van der Waals surface area contributed by atoms with E-state index in [1.54, 1.807) is 6.92 Å². The van der Waals surface area contributed by atoms with Gasteiger partial charge in [0.15, 0.2) is 5.82 Å². The van der Waals surface area contributed by atoms with E-state index in [9.17, 15) is 26.4 Å². The van der Waals surface area contributed by atoms with E-state index in [1.165, 1.54) is 18.1 Å². The number of aromatic nitrogens is 2. The molecular formula is C18H20F3N5O3S2. The molecule has 31 heavy (non-hydrogen) atoms. The molecule has 1 aliphatic heterocycles. The fourth-order valence-electron chi connectivity index (χ4n) is 2.96. The van der Waals surface area contributed by atoms with Crippen LogP contribution in [-0.4, -0.2) is 49.0 Å². The maximum Gasteiger partial charge on any atom is 0.234 e. The van der Waals surface area contributed by atoms with Crippen molar-refractivity contribution in [2.24, 2.45) is 0 Å². The third-order valence-electron chi connectivity index (χ3n) is 4.34. The maximum atomic E-state index is 14.8. The van der Waals surface area contributed by atoms with Crippen LogP contribution in [0.25, 0.3) is 0 Å². The summed E-state index contributed by atoms with van der Waals surface area (Å²) in [6.45, 7) is 1.08. The van der Waals surface area contributed by atoms with Crippen molar-refractivity contribution in [3.8, 4) is 0 Å².